The highest BCUT2D eigenvalue weighted by molar-refractivity contribution is 4.99. The number of imidazole rings is 1. The lowest BCUT2D eigenvalue weighted by molar-refractivity contribution is 0.650. The van der Waals surface area contributed by atoms with Crippen LogP contribution < -0.4 is 11.4 Å². The molecule has 0 radical (unpaired) electrons. The van der Waals surface area contributed by atoms with Crippen molar-refractivity contribution in [2.45, 2.75) is 25.4 Å². The minimum absolute atomic E-state index is 0.0575. The van der Waals surface area contributed by atoms with E-state index in [-0.39, 0.29) is 5.69 Å². The van der Waals surface area contributed by atoms with Crippen molar-refractivity contribution < 1.29 is 0 Å². The number of nitrogens with two attached hydrogens (primary N) is 1. The summed E-state index contributed by atoms with van der Waals surface area (Å²) in [6.45, 7) is 4.75. The minimum atomic E-state index is 0.0575. The Bertz CT molecular complexity index is 398. The molecular formula is C10H15N3O. The van der Waals surface area contributed by atoms with Gasteiger partial charge in [-0.25, -0.2) is 4.79 Å². The van der Waals surface area contributed by atoms with Crippen LogP contribution in [0.15, 0.2) is 29.3 Å². The lowest BCUT2D eigenvalue weighted by Gasteiger charge is -2.02. The Balaban J connectivity index is 2.18. The molecule has 0 aliphatic heterocycles. The van der Waals surface area contributed by atoms with E-state index >= 15 is 0 Å². The van der Waals surface area contributed by atoms with Gasteiger partial charge in [0, 0.05) is 31.5 Å². The Morgan fingerprint density at radius 2 is 2.29 bits per heavy atom. The first-order valence-corrected chi connectivity index (χ1v) is 4.86. The summed E-state index contributed by atoms with van der Waals surface area (Å²) >= 11 is 0. The molecule has 0 saturated heterocycles. The van der Waals surface area contributed by atoms with Crippen molar-refractivity contribution in [1.82, 2.24) is 9.13 Å². The van der Waals surface area contributed by atoms with Crippen LogP contribution in [-0.4, -0.2) is 15.7 Å². The maximum Gasteiger partial charge on any atom is 0.328 e. The van der Waals surface area contributed by atoms with Gasteiger partial charge < -0.3 is 5.73 Å². The molecule has 1 aliphatic carbocycles. The number of hydrogen-bond donors (Lipinski definition) is 1. The Kier molecular flexibility index (Phi) is 2.29. The summed E-state index contributed by atoms with van der Waals surface area (Å²) < 4.78 is 3.46. The van der Waals surface area contributed by atoms with E-state index in [4.69, 9.17) is 5.73 Å². The maximum absolute atomic E-state index is 11.7. The standard InChI is InChI=1S/C10H15N3O/c1-8(6-11)7-12-4-5-13(10(12)14)9-2-3-9/h4-5,9H,1-3,6-7,11H2. The fourth-order valence-corrected chi connectivity index (χ4v) is 1.48. The van der Waals surface area contributed by atoms with Crippen LogP contribution in [0.5, 0.6) is 0 Å². The Morgan fingerprint density at radius 1 is 1.57 bits per heavy atom. The molecule has 0 amide bonds. The van der Waals surface area contributed by atoms with E-state index in [2.05, 4.69) is 6.58 Å². The molecule has 1 fully saturated rings. The third-order valence-electron chi connectivity index (χ3n) is 2.50. The average Bonchev–Trinajstić information content (AvgIpc) is 2.95. The molecule has 0 atom stereocenters. The largest absolute Gasteiger partial charge is 0.328 e. The summed E-state index contributed by atoms with van der Waals surface area (Å²) in [5.74, 6) is 0. The molecule has 1 aliphatic rings. The predicted octanol–water partition coefficient (Wildman–Crippen LogP) is 0.500. The first kappa shape index (κ1) is 9.27. The van der Waals surface area contributed by atoms with Crippen LogP contribution in [0.4, 0.5) is 0 Å². The van der Waals surface area contributed by atoms with Gasteiger partial charge in [-0.1, -0.05) is 6.58 Å². The second-order valence-electron chi connectivity index (χ2n) is 3.80. The Hall–Kier alpha value is -1.29. The van der Waals surface area contributed by atoms with Crippen LogP contribution in [0, 0.1) is 0 Å². The van der Waals surface area contributed by atoms with E-state index in [1.165, 1.54) is 0 Å². The molecule has 2 N–H and O–H groups in total. The predicted molar refractivity (Wildman–Crippen MR) is 55.2 cm³/mol. The summed E-state index contributed by atoms with van der Waals surface area (Å²) in [5, 5.41) is 0. The lowest BCUT2D eigenvalue weighted by atomic mass is 10.3. The normalized spacial score (nSPS) is 15.8. The molecule has 2 rings (SSSR count). The topological polar surface area (TPSA) is 52.9 Å². The van der Waals surface area contributed by atoms with E-state index in [9.17, 15) is 4.79 Å². The highest BCUT2D eigenvalue weighted by Gasteiger charge is 2.25. The molecule has 14 heavy (non-hydrogen) atoms. The van der Waals surface area contributed by atoms with Crippen molar-refractivity contribution in [3.8, 4) is 0 Å². The molecule has 1 heterocycles. The molecule has 0 unspecified atom stereocenters. The first-order chi connectivity index (χ1) is 6.72. The second-order valence-corrected chi connectivity index (χ2v) is 3.80. The fraction of sp³-hybridized carbons (Fsp3) is 0.500. The smallest absolute Gasteiger partial charge is 0.327 e. The van der Waals surface area contributed by atoms with Gasteiger partial charge in [0.2, 0.25) is 0 Å². The van der Waals surface area contributed by atoms with Crippen LogP contribution in [0.3, 0.4) is 0 Å². The SMILES string of the molecule is C=C(CN)Cn1ccn(C2CC2)c1=O. The van der Waals surface area contributed by atoms with Gasteiger partial charge in [-0.15, -0.1) is 0 Å². The van der Waals surface area contributed by atoms with Crippen molar-refractivity contribution in [2.75, 3.05) is 6.54 Å². The van der Waals surface area contributed by atoms with Gasteiger partial charge in [-0.2, -0.15) is 0 Å². The zero-order chi connectivity index (χ0) is 10.1. The van der Waals surface area contributed by atoms with Crippen molar-refractivity contribution in [3.63, 3.8) is 0 Å². The lowest BCUT2D eigenvalue weighted by Crippen LogP contribution is -2.25. The van der Waals surface area contributed by atoms with Gasteiger partial charge in [0.25, 0.3) is 0 Å². The molecule has 1 saturated carbocycles. The van der Waals surface area contributed by atoms with Crippen LogP contribution in [0.1, 0.15) is 18.9 Å². The van der Waals surface area contributed by atoms with Gasteiger partial charge in [0.05, 0.1) is 0 Å². The van der Waals surface area contributed by atoms with Gasteiger partial charge in [-0.05, 0) is 18.4 Å². The molecule has 0 aromatic carbocycles. The molecule has 0 spiro atoms. The summed E-state index contributed by atoms with van der Waals surface area (Å²) in [4.78, 5) is 11.7. The average molecular weight is 193 g/mol. The molecule has 76 valence electrons. The van der Waals surface area contributed by atoms with Gasteiger partial charge in [-0.3, -0.25) is 9.13 Å². The quantitative estimate of drug-likeness (QED) is 0.708. The van der Waals surface area contributed by atoms with Crippen molar-refractivity contribution in [1.29, 1.82) is 0 Å². The zero-order valence-corrected chi connectivity index (χ0v) is 8.15. The monoisotopic (exact) mass is 193 g/mol. The van der Waals surface area contributed by atoms with E-state index in [1.54, 1.807) is 9.13 Å². The summed E-state index contributed by atoms with van der Waals surface area (Å²) in [6, 6.07) is 0.440. The molecular weight excluding hydrogens is 178 g/mol. The molecule has 4 nitrogen and oxygen atoms in total. The number of rotatable bonds is 4. The third kappa shape index (κ3) is 1.65. The molecule has 0 bridgehead atoms. The van der Waals surface area contributed by atoms with E-state index in [0.717, 1.165) is 18.4 Å². The highest BCUT2D eigenvalue weighted by atomic mass is 16.1. The fourth-order valence-electron chi connectivity index (χ4n) is 1.48. The Morgan fingerprint density at radius 3 is 2.86 bits per heavy atom. The van der Waals surface area contributed by atoms with Crippen LogP contribution >= 0.6 is 0 Å². The van der Waals surface area contributed by atoms with E-state index < -0.39 is 0 Å². The first-order valence-electron chi connectivity index (χ1n) is 4.86. The molecule has 1 aromatic rings. The number of hydrogen-bond acceptors (Lipinski definition) is 2. The summed E-state index contributed by atoms with van der Waals surface area (Å²) in [7, 11) is 0. The van der Waals surface area contributed by atoms with Crippen LogP contribution in [0.2, 0.25) is 0 Å². The summed E-state index contributed by atoms with van der Waals surface area (Å²) in [5.41, 5.74) is 6.36. The van der Waals surface area contributed by atoms with Gasteiger partial charge in [0.15, 0.2) is 0 Å². The minimum Gasteiger partial charge on any atom is -0.327 e. The maximum atomic E-state index is 11.7. The van der Waals surface area contributed by atoms with Crippen LogP contribution in [0.25, 0.3) is 0 Å². The van der Waals surface area contributed by atoms with Crippen LogP contribution in [-0.2, 0) is 6.54 Å². The molecule has 1 aromatic heterocycles. The van der Waals surface area contributed by atoms with Gasteiger partial charge in [0.1, 0.15) is 0 Å². The van der Waals surface area contributed by atoms with Gasteiger partial charge >= 0.3 is 5.69 Å². The third-order valence-corrected chi connectivity index (χ3v) is 2.50. The second kappa shape index (κ2) is 3.46. The highest BCUT2D eigenvalue weighted by Crippen LogP contribution is 2.33. The number of aromatic nitrogens is 2. The van der Waals surface area contributed by atoms with Crippen molar-refractivity contribution in [2.24, 2.45) is 5.73 Å². The summed E-state index contributed by atoms with van der Waals surface area (Å²) in [6.07, 6.45) is 5.91. The van der Waals surface area contributed by atoms with E-state index in [1.807, 2.05) is 12.4 Å². The Labute approximate surface area is 82.6 Å². The zero-order valence-electron chi connectivity index (χ0n) is 8.15. The molecule has 4 heteroatoms. The van der Waals surface area contributed by atoms with E-state index in [0.29, 0.717) is 19.1 Å². The van der Waals surface area contributed by atoms with Crippen molar-refractivity contribution in [3.05, 3.63) is 35.0 Å². The number of nitrogens with zero attached hydrogens (tertiary/aromatic N) is 2. The van der Waals surface area contributed by atoms with Crippen molar-refractivity contribution >= 4 is 0 Å².